The Bertz CT molecular complexity index is 1050. The Hall–Kier alpha value is -2.91. The Morgan fingerprint density at radius 2 is 1.84 bits per heavy atom. The van der Waals surface area contributed by atoms with Crippen LogP contribution >= 0.6 is 0 Å². The van der Waals surface area contributed by atoms with Gasteiger partial charge in [0, 0.05) is 31.5 Å². The first-order valence-corrected chi connectivity index (χ1v) is 14.1. The van der Waals surface area contributed by atoms with Gasteiger partial charge in [-0.2, -0.15) is 0 Å². The van der Waals surface area contributed by atoms with Crippen molar-refractivity contribution in [3.8, 4) is 5.75 Å². The van der Waals surface area contributed by atoms with E-state index >= 15 is 0 Å². The third-order valence-corrected chi connectivity index (χ3v) is 8.20. The molecule has 0 radical (unpaired) electrons. The molecule has 2 saturated heterocycles. The van der Waals surface area contributed by atoms with Gasteiger partial charge in [-0.1, -0.05) is 31.4 Å². The van der Waals surface area contributed by atoms with Crippen molar-refractivity contribution in [3.05, 3.63) is 36.4 Å². The van der Waals surface area contributed by atoms with E-state index in [4.69, 9.17) is 14.2 Å². The van der Waals surface area contributed by atoms with Gasteiger partial charge in [0.1, 0.15) is 17.4 Å². The van der Waals surface area contributed by atoms with Gasteiger partial charge in [0.05, 0.1) is 24.5 Å². The second-order valence-corrected chi connectivity index (χ2v) is 10.6. The molecule has 3 aliphatic heterocycles. The highest BCUT2D eigenvalue weighted by Gasteiger charge is 2.72. The van der Waals surface area contributed by atoms with Crippen LogP contribution in [0.25, 0.3) is 0 Å². The topological polar surface area (TPSA) is 106 Å². The maximum Gasteiger partial charge on any atom is 0.246 e. The molecule has 2 N–H and O–H groups in total. The van der Waals surface area contributed by atoms with Gasteiger partial charge in [-0.05, 0) is 57.4 Å². The zero-order chi connectivity index (χ0) is 26.7. The summed E-state index contributed by atoms with van der Waals surface area (Å²) in [5, 5.41) is 6.17. The van der Waals surface area contributed by atoms with Crippen molar-refractivity contribution in [2.24, 2.45) is 11.8 Å². The summed E-state index contributed by atoms with van der Waals surface area (Å²) in [5.74, 6) is -1.44. The molecule has 2 bridgehead atoms. The molecule has 206 valence electrons. The molecule has 0 aromatic heterocycles. The molecule has 5 atom stereocenters. The lowest BCUT2D eigenvalue weighted by molar-refractivity contribution is -0.141. The van der Waals surface area contributed by atoms with Crippen LogP contribution in [0.5, 0.6) is 5.75 Å². The molecule has 1 spiro atoms. The summed E-state index contributed by atoms with van der Waals surface area (Å²) in [6.45, 7) is 5.85. The highest BCUT2D eigenvalue weighted by molar-refractivity contribution is 6.02. The van der Waals surface area contributed by atoms with Crippen molar-refractivity contribution in [2.75, 3.05) is 31.7 Å². The molecule has 1 aromatic rings. The number of likely N-dealkylation sites (tertiary alicyclic amines) is 1. The monoisotopic (exact) mass is 525 g/mol. The molecule has 1 saturated carbocycles. The second-order valence-electron chi connectivity index (χ2n) is 10.6. The highest BCUT2D eigenvalue weighted by Crippen LogP contribution is 2.55. The number of hydrogen-bond donors (Lipinski definition) is 2. The fraction of sp³-hybridized carbons (Fsp3) is 0.621. The number of benzene rings is 1. The third-order valence-electron chi connectivity index (χ3n) is 8.20. The summed E-state index contributed by atoms with van der Waals surface area (Å²) in [6, 6.07) is 6.44. The number of carbonyl (C=O) groups excluding carboxylic acids is 3. The van der Waals surface area contributed by atoms with Crippen molar-refractivity contribution in [1.82, 2.24) is 10.2 Å². The standard InChI is InChI=1S/C29H39N3O6/c1-3-36-18-8-17-32-25(27(34)31-19-9-6-5-7-10-19)29-16-15-22(38-29)23(24(29)28(32)35)26(33)30-20-11-13-21(14-12-20)37-4-2/h11-16,19,22-25H,3-10,17-18H2,1-2H3,(H,30,33)(H,31,34)/t22-,23-,24-,25-,29+/m1/s1. The summed E-state index contributed by atoms with van der Waals surface area (Å²) < 4.78 is 17.4. The maximum atomic E-state index is 13.9. The third kappa shape index (κ3) is 4.94. The van der Waals surface area contributed by atoms with Crippen molar-refractivity contribution in [3.63, 3.8) is 0 Å². The Morgan fingerprint density at radius 3 is 2.55 bits per heavy atom. The molecule has 3 heterocycles. The average Bonchev–Trinajstić information content (AvgIpc) is 3.56. The van der Waals surface area contributed by atoms with Crippen LogP contribution in [0.1, 0.15) is 52.4 Å². The Morgan fingerprint density at radius 1 is 1.08 bits per heavy atom. The minimum Gasteiger partial charge on any atom is -0.494 e. The van der Waals surface area contributed by atoms with Gasteiger partial charge in [-0.15, -0.1) is 0 Å². The SMILES string of the molecule is CCOCCCN1C(=O)[C@H]2[C@H](C(=O)Nc3ccc(OCC)cc3)[C@H]3C=C[C@@]2(O3)[C@H]1C(=O)NC1CCCCC1. The quantitative estimate of drug-likeness (QED) is 0.340. The predicted molar refractivity (Wildman–Crippen MR) is 142 cm³/mol. The van der Waals surface area contributed by atoms with Crippen LogP contribution in [0, 0.1) is 11.8 Å². The van der Waals surface area contributed by atoms with Gasteiger partial charge in [0.25, 0.3) is 0 Å². The molecule has 3 amide bonds. The number of fused-ring (bicyclic) bond motifs is 1. The fourth-order valence-corrected chi connectivity index (χ4v) is 6.54. The van der Waals surface area contributed by atoms with E-state index in [0.717, 1.165) is 31.4 Å². The summed E-state index contributed by atoms with van der Waals surface area (Å²) in [6.07, 6.45) is 9.00. The first-order chi connectivity index (χ1) is 18.5. The van der Waals surface area contributed by atoms with Crippen LogP contribution in [0.2, 0.25) is 0 Å². The van der Waals surface area contributed by atoms with Crippen LogP contribution in [-0.2, 0) is 23.9 Å². The first kappa shape index (κ1) is 26.7. The second kappa shape index (κ2) is 11.5. The van der Waals surface area contributed by atoms with E-state index in [1.54, 1.807) is 29.2 Å². The number of nitrogens with zero attached hydrogens (tertiary/aromatic N) is 1. The normalized spacial score (nSPS) is 29.9. The molecule has 1 aromatic carbocycles. The van der Waals surface area contributed by atoms with Crippen molar-refractivity contribution < 1.29 is 28.6 Å². The molecule has 38 heavy (non-hydrogen) atoms. The molecule has 5 rings (SSSR count). The van der Waals surface area contributed by atoms with Gasteiger partial charge in [0.2, 0.25) is 17.7 Å². The first-order valence-electron chi connectivity index (χ1n) is 14.1. The molecule has 9 heteroatoms. The number of hydrogen-bond acceptors (Lipinski definition) is 6. The van der Waals surface area contributed by atoms with E-state index in [9.17, 15) is 14.4 Å². The predicted octanol–water partition coefficient (Wildman–Crippen LogP) is 3.05. The van der Waals surface area contributed by atoms with E-state index in [-0.39, 0.29) is 23.8 Å². The summed E-state index contributed by atoms with van der Waals surface area (Å²) >= 11 is 0. The smallest absolute Gasteiger partial charge is 0.246 e. The van der Waals surface area contributed by atoms with Crippen molar-refractivity contribution in [2.45, 2.75) is 76.2 Å². The van der Waals surface area contributed by atoms with Crippen molar-refractivity contribution >= 4 is 23.4 Å². The molecule has 4 aliphatic rings. The number of rotatable bonds is 11. The average molecular weight is 526 g/mol. The Balaban J connectivity index is 1.37. The Kier molecular flexibility index (Phi) is 8.04. The number of carbonyl (C=O) groups is 3. The van der Waals surface area contributed by atoms with E-state index in [1.807, 2.05) is 26.0 Å². The maximum absolute atomic E-state index is 13.9. The number of amides is 3. The van der Waals surface area contributed by atoms with Gasteiger partial charge in [0.15, 0.2) is 0 Å². The highest BCUT2D eigenvalue weighted by atomic mass is 16.5. The number of nitrogens with one attached hydrogen (secondary N) is 2. The lowest BCUT2D eigenvalue weighted by Gasteiger charge is -2.34. The van der Waals surface area contributed by atoms with E-state index in [2.05, 4.69) is 10.6 Å². The van der Waals surface area contributed by atoms with Gasteiger partial charge < -0.3 is 29.7 Å². The van der Waals surface area contributed by atoms with Crippen LogP contribution in [-0.4, -0.2) is 72.8 Å². The lowest BCUT2D eigenvalue weighted by atomic mass is 9.74. The van der Waals surface area contributed by atoms with Crippen LogP contribution in [0.3, 0.4) is 0 Å². The summed E-state index contributed by atoms with van der Waals surface area (Å²) in [4.78, 5) is 42.9. The minimum atomic E-state index is -1.15. The molecular weight excluding hydrogens is 486 g/mol. The zero-order valence-electron chi connectivity index (χ0n) is 22.3. The zero-order valence-corrected chi connectivity index (χ0v) is 22.3. The number of ether oxygens (including phenoxy) is 3. The summed E-state index contributed by atoms with van der Waals surface area (Å²) in [7, 11) is 0. The minimum absolute atomic E-state index is 0.105. The van der Waals surface area contributed by atoms with Crippen LogP contribution < -0.4 is 15.4 Å². The fourth-order valence-electron chi connectivity index (χ4n) is 6.54. The van der Waals surface area contributed by atoms with E-state index in [1.165, 1.54) is 6.42 Å². The lowest BCUT2D eigenvalue weighted by Crippen LogP contribution is -2.56. The van der Waals surface area contributed by atoms with Crippen LogP contribution in [0.4, 0.5) is 5.69 Å². The Labute approximate surface area is 224 Å². The molecular formula is C29H39N3O6. The largest absolute Gasteiger partial charge is 0.494 e. The molecule has 3 fully saturated rings. The van der Waals surface area contributed by atoms with Crippen molar-refractivity contribution in [1.29, 1.82) is 0 Å². The molecule has 0 unspecified atom stereocenters. The van der Waals surface area contributed by atoms with E-state index in [0.29, 0.717) is 38.5 Å². The van der Waals surface area contributed by atoms with Gasteiger partial charge >= 0.3 is 0 Å². The van der Waals surface area contributed by atoms with E-state index < -0.39 is 29.6 Å². The van der Waals surface area contributed by atoms with Gasteiger partial charge in [-0.25, -0.2) is 0 Å². The van der Waals surface area contributed by atoms with Gasteiger partial charge in [-0.3, -0.25) is 14.4 Å². The summed E-state index contributed by atoms with van der Waals surface area (Å²) in [5.41, 5.74) is -0.530. The molecule has 1 aliphatic carbocycles. The molecule has 9 nitrogen and oxygen atoms in total. The van der Waals surface area contributed by atoms with Crippen LogP contribution in [0.15, 0.2) is 36.4 Å². The number of anilines is 1.